The molecule has 0 aliphatic carbocycles. The van der Waals surface area contributed by atoms with Gasteiger partial charge in [0.25, 0.3) is 0 Å². The zero-order valence-electron chi connectivity index (χ0n) is 14.2. The number of hydrogen-bond acceptors (Lipinski definition) is 6. The van der Waals surface area contributed by atoms with Gasteiger partial charge < -0.3 is 14.2 Å². The largest absolute Gasteiger partial charge is 0.495 e. The molecule has 0 spiro atoms. The molecule has 1 fully saturated rings. The summed E-state index contributed by atoms with van der Waals surface area (Å²) < 4.78 is 11.0. The van der Waals surface area contributed by atoms with Crippen LogP contribution in [0, 0.1) is 0 Å². The number of aromatic nitrogens is 1. The number of methoxy groups -OCH3 is 1. The fourth-order valence-electron chi connectivity index (χ4n) is 3.19. The first-order valence-corrected chi connectivity index (χ1v) is 9.36. The van der Waals surface area contributed by atoms with Crippen molar-refractivity contribution in [1.29, 1.82) is 0 Å². The van der Waals surface area contributed by atoms with E-state index < -0.39 is 0 Å². The lowest BCUT2D eigenvalue weighted by molar-refractivity contribution is 0.241. The third-order valence-electron chi connectivity index (χ3n) is 4.55. The Morgan fingerprint density at radius 1 is 1.16 bits per heavy atom. The molecule has 0 atom stereocenters. The van der Waals surface area contributed by atoms with Gasteiger partial charge in [-0.05, 0) is 23.6 Å². The third kappa shape index (κ3) is 3.55. The van der Waals surface area contributed by atoms with Crippen LogP contribution >= 0.6 is 11.3 Å². The van der Waals surface area contributed by atoms with Crippen LogP contribution in [0.15, 0.2) is 51.7 Å². The van der Waals surface area contributed by atoms with Gasteiger partial charge in [0, 0.05) is 49.7 Å². The van der Waals surface area contributed by atoms with E-state index in [1.165, 1.54) is 5.69 Å². The highest BCUT2D eigenvalue weighted by molar-refractivity contribution is 7.08. The van der Waals surface area contributed by atoms with Gasteiger partial charge in [-0.25, -0.2) is 0 Å². The zero-order chi connectivity index (χ0) is 17.1. The SMILES string of the molecule is COc1ccccc1N1CCN(Cc2cc(-c3ccsc3)on2)CC1. The van der Waals surface area contributed by atoms with E-state index in [1.807, 2.05) is 12.1 Å². The molecule has 0 saturated carbocycles. The predicted molar refractivity (Wildman–Crippen MR) is 100 cm³/mol. The lowest BCUT2D eigenvalue weighted by Crippen LogP contribution is -2.46. The Bertz CT molecular complexity index is 808. The summed E-state index contributed by atoms with van der Waals surface area (Å²) in [4.78, 5) is 4.80. The van der Waals surface area contributed by atoms with E-state index in [1.54, 1.807) is 18.4 Å². The predicted octanol–water partition coefficient (Wildman–Crippen LogP) is 3.73. The standard InChI is InChI=1S/C19H21N3O2S/c1-23-18-5-3-2-4-17(18)22-9-7-21(8-10-22)13-16-12-19(24-20-16)15-6-11-25-14-15/h2-6,11-12,14H,7-10,13H2,1H3. The van der Waals surface area contributed by atoms with Crippen molar-refractivity contribution in [1.82, 2.24) is 10.1 Å². The van der Waals surface area contributed by atoms with E-state index in [0.717, 1.165) is 55.5 Å². The quantitative estimate of drug-likeness (QED) is 0.697. The Kier molecular flexibility index (Phi) is 4.72. The molecule has 3 aromatic rings. The van der Waals surface area contributed by atoms with E-state index in [-0.39, 0.29) is 0 Å². The van der Waals surface area contributed by atoms with Crippen LogP contribution < -0.4 is 9.64 Å². The molecule has 0 unspecified atom stereocenters. The number of thiophene rings is 1. The van der Waals surface area contributed by atoms with E-state index in [9.17, 15) is 0 Å². The van der Waals surface area contributed by atoms with Gasteiger partial charge in [-0.3, -0.25) is 4.90 Å². The van der Waals surface area contributed by atoms with E-state index in [4.69, 9.17) is 9.26 Å². The van der Waals surface area contributed by atoms with Crippen LogP contribution in [0.3, 0.4) is 0 Å². The molecule has 5 nitrogen and oxygen atoms in total. The summed E-state index contributed by atoms with van der Waals surface area (Å²) >= 11 is 1.67. The summed E-state index contributed by atoms with van der Waals surface area (Å²) in [5, 5.41) is 8.36. The van der Waals surface area contributed by atoms with Gasteiger partial charge in [0.05, 0.1) is 18.5 Å². The molecule has 130 valence electrons. The second-order valence-corrected chi connectivity index (χ2v) is 6.91. The first-order chi connectivity index (χ1) is 12.3. The highest BCUT2D eigenvalue weighted by Gasteiger charge is 2.20. The van der Waals surface area contributed by atoms with Crippen molar-refractivity contribution in [3.05, 3.63) is 52.9 Å². The maximum atomic E-state index is 5.48. The van der Waals surface area contributed by atoms with Crippen molar-refractivity contribution in [2.24, 2.45) is 0 Å². The van der Waals surface area contributed by atoms with Gasteiger partial charge in [-0.2, -0.15) is 11.3 Å². The summed E-state index contributed by atoms with van der Waals surface area (Å²) in [5.74, 6) is 1.79. The smallest absolute Gasteiger partial charge is 0.168 e. The van der Waals surface area contributed by atoms with Crippen LogP contribution in [0.1, 0.15) is 5.69 Å². The van der Waals surface area contributed by atoms with Crippen LogP contribution in [0.2, 0.25) is 0 Å². The monoisotopic (exact) mass is 355 g/mol. The molecule has 25 heavy (non-hydrogen) atoms. The fourth-order valence-corrected chi connectivity index (χ4v) is 3.84. The van der Waals surface area contributed by atoms with Gasteiger partial charge in [0.2, 0.25) is 0 Å². The van der Waals surface area contributed by atoms with Crippen molar-refractivity contribution in [2.45, 2.75) is 6.54 Å². The molecule has 1 aliphatic heterocycles. The molecule has 0 radical (unpaired) electrons. The van der Waals surface area contributed by atoms with Crippen LogP contribution in [-0.2, 0) is 6.54 Å². The lowest BCUT2D eigenvalue weighted by atomic mass is 10.2. The molecular formula is C19H21N3O2S. The average Bonchev–Trinajstić information content (AvgIpc) is 3.34. The van der Waals surface area contributed by atoms with Crippen molar-refractivity contribution in [3.63, 3.8) is 0 Å². The first-order valence-electron chi connectivity index (χ1n) is 8.42. The maximum absolute atomic E-state index is 5.48. The Morgan fingerprint density at radius 2 is 2.00 bits per heavy atom. The summed E-state index contributed by atoms with van der Waals surface area (Å²) in [6, 6.07) is 12.3. The summed E-state index contributed by atoms with van der Waals surface area (Å²) in [5.41, 5.74) is 3.27. The molecule has 0 amide bonds. The molecule has 1 aliphatic rings. The minimum atomic E-state index is 0.827. The molecule has 1 saturated heterocycles. The van der Waals surface area contributed by atoms with E-state index in [0.29, 0.717) is 0 Å². The van der Waals surface area contributed by atoms with Gasteiger partial charge in [-0.15, -0.1) is 0 Å². The van der Waals surface area contributed by atoms with Crippen LogP contribution in [0.4, 0.5) is 5.69 Å². The van der Waals surface area contributed by atoms with Crippen molar-refractivity contribution in [2.75, 3.05) is 38.2 Å². The topological polar surface area (TPSA) is 41.7 Å². The van der Waals surface area contributed by atoms with E-state index >= 15 is 0 Å². The highest BCUT2D eigenvalue weighted by Crippen LogP contribution is 2.29. The molecule has 0 bridgehead atoms. The van der Waals surface area contributed by atoms with Crippen molar-refractivity contribution in [3.8, 4) is 17.1 Å². The lowest BCUT2D eigenvalue weighted by Gasteiger charge is -2.36. The molecule has 4 rings (SSSR count). The Labute approximate surface area is 151 Å². The number of piperazine rings is 1. The van der Waals surface area contributed by atoms with Crippen molar-refractivity contribution >= 4 is 17.0 Å². The number of anilines is 1. The molecule has 6 heteroatoms. The second-order valence-electron chi connectivity index (χ2n) is 6.13. The summed E-state index contributed by atoms with van der Waals surface area (Å²) in [7, 11) is 1.73. The third-order valence-corrected chi connectivity index (χ3v) is 5.23. The summed E-state index contributed by atoms with van der Waals surface area (Å²) in [6.45, 7) is 4.79. The normalized spacial score (nSPS) is 15.5. The highest BCUT2D eigenvalue weighted by atomic mass is 32.1. The fraction of sp³-hybridized carbons (Fsp3) is 0.316. The minimum absolute atomic E-state index is 0.827. The number of para-hydroxylation sites is 2. The average molecular weight is 355 g/mol. The second kappa shape index (κ2) is 7.29. The summed E-state index contributed by atoms with van der Waals surface area (Å²) in [6.07, 6.45) is 0. The Hall–Kier alpha value is -2.31. The number of hydrogen-bond donors (Lipinski definition) is 0. The van der Waals surface area contributed by atoms with Crippen LogP contribution in [0.25, 0.3) is 11.3 Å². The van der Waals surface area contributed by atoms with Gasteiger partial charge >= 0.3 is 0 Å². The van der Waals surface area contributed by atoms with Gasteiger partial charge in [0.1, 0.15) is 5.75 Å². The molecule has 3 heterocycles. The Morgan fingerprint density at radius 3 is 2.76 bits per heavy atom. The zero-order valence-corrected chi connectivity index (χ0v) is 15.0. The number of rotatable bonds is 5. The Balaban J connectivity index is 1.36. The first kappa shape index (κ1) is 16.2. The van der Waals surface area contributed by atoms with Gasteiger partial charge in [0.15, 0.2) is 5.76 Å². The minimum Gasteiger partial charge on any atom is -0.495 e. The maximum Gasteiger partial charge on any atom is 0.168 e. The number of benzene rings is 1. The number of nitrogens with zero attached hydrogens (tertiary/aromatic N) is 3. The molecular weight excluding hydrogens is 334 g/mol. The molecule has 2 aromatic heterocycles. The van der Waals surface area contributed by atoms with Crippen LogP contribution in [-0.4, -0.2) is 43.3 Å². The van der Waals surface area contributed by atoms with E-state index in [2.05, 4.69) is 50.0 Å². The number of ether oxygens (including phenoxy) is 1. The van der Waals surface area contributed by atoms with Crippen molar-refractivity contribution < 1.29 is 9.26 Å². The van der Waals surface area contributed by atoms with Crippen LogP contribution in [0.5, 0.6) is 5.75 Å². The molecule has 0 N–H and O–H groups in total. The molecule has 1 aromatic carbocycles. The van der Waals surface area contributed by atoms with Gasteiger partial charge in [-0.1, -0.05) is 17.3 Å².